The Morgan fingerprint density at radius 1 is 1.12 bits per heavy atom. The third-order valence-corrected chi connectivity index (χ3v) is 4.14. The highest BCUT2D eigenvalue weighted by atomic mass is 32.1. The van der Waals surface area contributed by atoms with E-state index in [1.165, 1.54) is 11.3 Å². The summed E-state index contributed by atoms with van der Waals surface area (Å²) in [5.74, 6) is 0.597. The van der Waals surface area contributed by atoms with Crippen molar-refractivity contribution in [3.8, 4) is 17.0 Å². The summed E-state index contributed by atoms with van der Waals surface area (Å²) in [6.07, 6.45) is 0.954. The molecule has 1 N–H and O–H groups in total. The van der Waals surface area contributed by atoms with Gasteiger partial charge in [-0.1, -0.05) is 37.3 Å². The van der Waals surface area contributed by atoms with Gasteiger partial charge in [0.25, 0.3) is 5.91 Å². The van der Waals surface area contributed by atoms with Crippen molar-refractivity contribution < 1.29 is 9.53 Å². The first-order valence-corrected chi connectivity index (χ1v) is 8.69. The zero-order valence-electron chi connectivity index (χ0n) is 13.4. The van der Waals surface area contributed by atoms with Gasteiger partial charge in [-0.25, -0.2) is 4.98 Å². The van der Waals surface area contributed by atoms with Crippen LogP contribution < -0.4 is 10.1 Å². The highest BCUT2D eigenvalue weighted by Gasteiger charge is 2.10. The predicted octanol–water partition coefficient (Wildman–Crippen LogP) is 4.85. The maximum Gasteiger partial charge on any atom is 0.257 e. The van der Waals surface area contributed by atoms with Crippen LogP contribution in [0.25, 0.3) is 11.3 Å². The van der Waals surface area contributed by atoms with Crippen LogP contribution in [0.3, 0.4) is 0 Å². The normalized spacial score (nSPS) is 10.4. The zero-order valence-corrected chi connectivity index (χ0v) is 14.2. The van der Waals surface area contributed by atoms with Gasteiger partial charge >= 0.3 is 0 Å². The van der Waals surface area contributed by atoms with Crippen molar-refractivity contribution in [3.05, 3.63) is 65.5 Å². The third-order valence-electron chi connectivity index (χ3n) is 3.38. The van der Waals surface area contributed by atoms with E-state index in [2.05, 4.69) is 17.2 Å². The van der Waals surface area contributed by atoms with E-state index in [-0.39, 0.29) is 5.91 Å². The predicted molar refractivity (Wildman–Crippen MR) is 97.7 cm³/mol. The van der Waals surface area contributed by atoms with Crippen molar-refractivity contribution in [1.82, 2.24) is 4.98 Å². The third kappa shape index (κ3) is 4.00. The summed E-state index contributed by atoms with van der Waals surface area (Å²) >= 11 is 1.41. The Labute approximate surface area is 145 Å². The summed E-state index contributed by atoms with van der Waals surface area (Å²) in [4.78, 5) is 16.8. The number of carbonyl (C=O) groups excluding carboxylic acids is 1. The molecule has 0 atom stereocenters. The average Bonchev–Trinajstić information content (AvgIpc) is 3.09. The fraction of sp³-hybridized carbons (Fsp3) is 0.158. The number of ether oxygens (including phenoxy) is 1. The van der Waals surface area contributed by atoms with Crippen LogP contribution >= 0.6 is 11.3 Å². The molecule has 5 heteroatoms. The Bertz CT molecular complexity index is 798. The maximum atomic E-state index is 12.3. The van der Waals surface area contributed by atoms with Crippen LogP contribution in [-0.4, -0.2) is 17.5 Å². The molecule has 0 bridgehead atoms. The fourth-order valence-corrected chi connectivity index (χ4v) is 2.88. The number of anilines is 1. The van der Waals surface area contributed by atoms with Gasteiger partial charge in [0.2, 0.25) is 0 Å². The summed E-state index contributed by atoms with van der Waals surface area (Å²) in [5, 5.41) is 5.36. The molecule has 1 aromatic heterocycles. The minimum Gasteiger partial charge on any atom is -0.494 e. The molecule has 3 aromatic rings. The molecule has 1 amide bonds. The van der Waals surface area contributed by atoms with Gasteiger partial charge in [0.15, 0.2) is 5.13 Å². The van der Waals surface area contributed by atoms with Crippen molar-refractivity contribution in [2.24, 2.45) is 0 Å². The second-order valence-electron chi connectivity index (χ2n) is 5.23. The maximum absolute atomic E-state index is 12.3. The Morgan fingerprint density at radius 3 is 2.58 bits per heavy atom. The first-order valence-electron chi connectivity index (χ1n) is 7.81. The molecule has 0 radical (unpaired) electrons. The summed E-state index contributed by atoms with van der Waals surface area (Å²) in [6.45, 7) is 2.73. The Balaban J connectivity index is 1.66. The van der Waals surface area contributed by atoms with Crippen LogP contribution in [0.1, 0.15) is 23.7 Å². The van der Waals surface area contributed by atoms with E-state index in [0.717, 1.165) is 23.4 Å². The highest BCUT2D eigenvalue weighted by Crippen LogP contribution is 2.25. The van der Waals surface area contributed by atoms with Gasteiger partial charge in [0.1, 0.15) is 5.75 Å². The van der Waals surface area contributed by atoms with Crippen molar-refractivity contribution >= 4 is 22.4 Å². The number of hydrogen-bond donors (Lipinski definition) is 1. The number of carbonyl (C=O) groups is 1. The average molecular weight is 338 g/mol. The molecule has 0 aliphatic carbocycles. The monoisotopic (exact) mass is 338 g/mol. The van der Waals surface area contributed by atoms with Crippen LogP contribution in [0.15, 0.2) is 60.0 Å². The fourth-order valence-electron chi connectivity index (χ4n) is 2.16. The van der Waals surface area contributed by atoms with E-state index in [1.54, 1.807) is 12.1 Å². The van der Waals surface area contributed by atoms with Crippen LogP contribution in [0.2, 0.25) is 0 Å². The van der Waals surface area contributed by atoms with Crippen LogP contribution in [0.5, 0.6) is 5.75 Å². The molecule has 122 valence electrons. The van der Waals surface area contributed by atoms with Crippen LogP contribution in [-0.2, 0) is 0 Å². The van der Waals surface area contributed by atoms with E-state index in [9.17, 15) is 4.79 Å². The molecule has 0 spiro atoms. The number of nitrogens with zero attached hydrogens (tertiary/aromatic N) is 1. The molecule has 0 unspecified atom stereocenters. The number of nitrogens with one attached hydrogen (secondary N) is 1. The van der Waals surface area contributed by atoms with E-state index >= 15 is 0 Å². The quantitative estimate of drug-likeness (QED) is 0.699. The van der Waals surface area contributed by atoms with Crippen molar-refractivity contribution in [2.75, 3.05) is 11.9 Å². The van der Waals surface area contributed by atoms with Gasteiger partial charge < -0.3 is 4.74 Å². The molecular formula is C19H18N2O2S. The Hall–Kier alpha value is -2.66. The molecule has 0 aliphatic rings. The van der Waals surface area contributed by atoms with E-state index in [1.807, 2.05) is 47.8 Å². The van der Waals surface area contributed by atoms with Gasteiger partial charge in [-0.05, 0) is 30.7 Å². The summed E-state index contributed by atoms with van der Waals surface area (Å²) in [7, 11) is 0. The largest absolute Gasteiger partial charge is 0.494 e. The number of amides is 1. The lowest BCUT2D eigenvalue weighted by molar-refractivity contribution is 0.102. The molecule has 2 aromatic carbocycles. The molecule has 1 heterocycles. The Morgan fingerprint density at radius 2 is 1.88 bits per heavy atom. The van der Waals surface area contributed by atoms with Gasteiger partial charge in [0.05, 0.1) is 12.3 Å². The SMILES string of the molecule is CCCOc1ccc(C(=O)Nc2nc(-c3ccccc3)cs2)cc1. The molecule has 0 saturated heterocycles. The lowest BCUT2D eigenvalue weighted by Gasteiger charge is -2.05. The second kappa shape index (κ2) is 7.75. The van der Waals surface area contributed by atoms with Crippen molar-refractivity contribution in [2.45, 2.75) is 13.3 Å². The van der Waals surface area contributed by atoms with Gasteiger partial charge in [-0.2, -0.15) is 0 Å². The highest BCUT2D eigenvalue weighted by molar-refractivity contribution is 7.14. The number of benzene rings is 2. The van der Waals surface area contributed by atoms with Gasteiger partial charge in [-0.15, -0.1) is 11.3 Å². The molecule has 0 aliphatic heterocycles. The lowest BCUT2D eigenvalue weighted by atomic mass is 10.2. The minimum absolute atomic E-state index is 0.175. The van der Waals surface area contributed by atoms with Crippen molar-refractivity contribution in [3.63, 3.8) is 0 Å². The van der Waals surface area contributed by atoms with E-state index in [0.29, 0.717) is 17.3 Å². The minimum atomic E-state index is -0.175. The van der Waals surface area contributed by atoms with Crippen LogP contribution in [0.4, 0.5) is 5.13 Å². The van der Waals surface area contributed by atoms with Crippen LogP contribution in [0, 0.1) is 0 Å². The van der Waals surface area contributed by atoms with E-state index in [4.69, 9.17) is 4.74 Å². The standard InChI is InChI=1S/C19H18N2O2S/c1-2-12-23-16-10-8-15(9-11-16)18(22)21-19-20-17(13-24-19)14-6-4-3-5-7-14/h3-11,13H,2,12H2,1H3,(H,20,21,22). The van der Waals surface area contributed by atoms with Gasteiger partial charge in [0, 0.05) is 16.5 Å². The number of thiazole rings is 1. The lowest BCUT2D eigenvalue weighted by Crippen LogP contribution is -2.11. The summed E-state index contributed by atoms with van der Waals surface area (Å²) in [6, 6.07) is 17.0. The number of aromatic nitrogens is 1. The molecule has 3 rings (SSSR count). The molecule has 0 fully saturated rings. The summed E-state index contributed by atoms with van der Waals surface area (Å²) < 4.78 is 5.52. The summed E-state index contributed by atoms with van der Waals surface area (Å²) in [5.41, 5.74) is 2.47. The van der Waals surface area contributed by atoms with Crippen molar-refractivity contribution in [1.29, 1.82) is 0 Å². The Kier molecular flexibility index (Phi) is 5.23. The first kappa shape index (κ1) is 16.2. The molecule has 4 nitrogen and oxygen atoms in total. The topological polar surface area (TPSA) is 51.2 Å². The van der Waals surface area contributed by atoms with E-state index < -0.39 is 0 Å². The second-order valence-corrected chi connectivity index (χ2v) is 6.09. The van der Waals surface area contributed by atoms with Gasteiger partial charge in [-0.3, -0.25) is 10.1 Å². The molecular weight excluding hydrogens is 320 g/mol. The number of hydrogen-bond acceptors (Lipinski definition) is 4. The molecule has 0 saturated carbocycles. The molecule has 24 heavy (non-hydrogen) atoms. The zero-order chi connectivity index (χ0) is 16.8. The number of rotatable bonds is 6. The first-order chi connectivity index (χ1) is 11.8. The smallest absolute Gasteiger partial charge is 0.257 e.